The molecule has 1 fully saturated rings. The molecular formula is C18H28N2O3. The second-order valence-corrected chi connectivity index (χ2v) is 6.99. The van der Waals surface area contributed by atoms with Gasteiger partial charge in [-0.3, -0.25) is 0 Å². The van der Waals surface area contributed by atoms with E-state index in [0.29, 0.717) is 19.7 Å². The molecule has 23 heavy (non-hydrogen) atoms. The van der Waals surface area contributed by atoms with Crippen LogP contribution in [0.3, 0.4) is 0 Å². The molecule has 1 N–H and O–H groups in total. The molecule has 0 aliphatic carbocycles. The molecule has 1 aliphatic heterocycles. The third kappa shape index (κ3) is 5.05. The molecule has 0 bridgehead atoms. The van der Waals surface area contributed by atoms with Gasteiger partial charge in [0, 0.05) is 19.1 Å². The number of rotatable bonds is 4. The number of hydrogen-bond donors (Lipinski definition) is 1. The number of likely N-dealkylation sites (tertiary alicyclic amines) is 1. The van der Waals surface area contributed by atoms with Crippen LogP contribution in [-0.2, 0) is 4.74 Å². The molecule has 1 saturated heterocycles. The number of nitrogens with one attached hydrogen (secondary N) is 1. The zero-order valence-corrected chi connectivity index (χ0v) is 14.8. The summed E-state index contributed by atoms with van der Waals surface area (Å²) in [7, 11) is 0. The van der Waals surface area contributed by atoms with Crippen molar-refractivity contribution in [1.82, 2.24) is 4.90 Å². The molecule has 1 aromatic carbocycles. The van der Waals surface area contributed by atoms with Gasteiger partial charge in [0.15, 0.2) is 0 Å². The lowest BCUT2D eigenvalue weighted by atomic mass is 10.2. The predicted octanol–water partition coefficient (Wildman–Crippen LogP) is 3.82. The van der Waals surface area contributed by atoms with Crippen LogP contribution in [0.15, 0.2) is 18.2 Å². The topological polar surface area (TPSA) is 50.8 Å². The Kier molecular flexibility index (Phi) is 5.39. The van der Waals surface area contributed by atoms with Crippen molar-refractivity contribution in [3.63, 3.8) is 0 Å². The van der Waals surface area contributed by atoms with E-state index in [0.717, 1.165) is 17.9 Å². The molecule has 2 rings (SSSR count). The van der Waals surface area contributed by atoms with E-state index < -0.39 is 5.60 Å². The number of nitrogens with zero attached hydrogens (tertiary/aromatic N) is 1. The first-order chi connectivity index (χ1) is 10.8. The first-order valence-electron chi connectivity index (χ1n) is 8.26. The van der Waals surface area contributed by atoms with Gasteiger partial charge in [-0.1, -0.05) is 6.07 Å². The van der Waals surface area contributed by atoms with E-state index in [9.17, 15) is 4.79 Å². The highest BCUT2D eigenvalue weighted by Gasteiger charge is 2.30. The average molecular weight is 320 g/mol. The monoisotopic (exact) mass is 320 g/mol. The summed E-state index contributed by atoms with van der Waals surface area (Å²) < 4.78 is 11.1. The fourth-order valence-electron chi connectivity index (χ4n) is 2.61. The Morgan fingerprint density at radius 1 is 1.39 bits per heavy atom. The van der Waals surface area contributed by atoms with E-state index in [2.05, 4.69) is 11.4 Å². The van der Waals surface area contributed by atoms with Crippen LogP contribution < -0.4 is 10.1 Å². The van der Waals surface area contributed by atoms with Crippen LogP contribution in [0.25, 0.3) is 0 Å². The first kappa shape index (κ1) is 17.4. The molecule has 1 atom stereocenters. The Balaban J connectivity index is 1.97. The van der Waals surface area contributed by atoms with E-state index >= 15 is 0 Å². The molecule has 0 aromatic heterocycles. The van der Waals surface area contributed by atoms with E-state index in [1.54, 1.807) is 4.90 Å². The number of benzene rings is 1. The Hall–Kier alpha value is -1.91. The second-order valence-electron chi connectivity index (χ2n) is 6.99. The lowest BCUT2D eigenvalue weighted by Crippen LogP contribution is -2.36. The SMILES string of the molecule is CCOc1cc(C)ccc1NC1CCN(C(=O)OC(C)(C)C)C1. The van der Waals surface area contributed by atoms with Crippen LogP contribution in [0.4, 0.5) is 10.5 Å². The van der Waals surface area contributed by atoms with Gasteiger partial charge in [-0.25, -0.2) is 4.79 Å². The zero-order valence-electron chi connectivity index (χ0n) is 14.8. The summed E-state index contributed by atoms with van der Waals surface area (Å²) in [6.45, 7) is 11.7. The lowest BCUT2D eigenvalue weighted by molar-refractivity contribution is 0.0293. The smallest absolute Gasteiger partial charge is 0.410 e. The van der Waals surface area contributed by atoms with Gasteiger partial charge in [0.2, 0.25) is 0 Å². The summed E-state index contributed by atoms with van der Waals surface area (Å²) in [5.41, 5.74) is 1.69. The highest BCUT2D eigenvalue weighted by Crippen LogP contribution is 2.28. The predicted molar refractivity (Wildman–Crippen MR) is 92.2 cm³/mol. The van der Waals surface area contributed by atoms with Crippen LogP contribution in [0.1, 0.15) is 39.7 Å². The highest BCUT2D eigenvalue weighted by molar-refractivity contribution is 5.69. The summed E-state index contributed by atoms with van der Waals surface area (Å²) >= 11 is 0. The minimum Gasteiger partial charge on any atom is -0.492 e. The average Bonchev–Trinajstić information content (AvgIpc) is 2.89. The van der Waals surface area contributed by atoms with Gasteiger partial charge in [0.1, 0.15) is 11.4 Å². The van der Waals surface area contributed by atoms with Crippen molar-refractivity contribution in [1.29, 1.82) is 0 Å². The largest absolute Gasteiger partial charge is 0.492 e. The van der Waals surface area contributed by atoms with Crippen molar-refractivity contribution in [3.8, 4) is 5.75 Å². The maximum Gasteiger partial charge on any atom is 0.410 e. The summed E-state index contributed by atoms with van der Waals surface area (Å²) in [4.78, 5) is 13.9. The van der Waals surface area contributed by atoms with Gasteiger partial charge >= 0.3 is 6.09 Å². The Morgan fingerprint density at radius 2 is 2.13 bits per heavy atom. The number of hydrogen-bond acceptors (Lipinski definition) is 4. The third-order valence-electron chi connectivity index (χ3n) is 3.64. The number of amides is 1. The van der Waals surface area contributed by atoms with Gasteiger partial charge < -0.3 is 19.7 Å². The quantitative estimate of drug-likeness (QED) is 0.916. The molecule has 0 saturated carbocycles. The second kappa shape index (κ2) is 7.11. The fourth-order valence-corrected chi connectivity index (χ4v) is 2.61. The van der Waals surface area contributed by atoms with Crippen molar-refractivity contribution in [3.05, 3.63) is 23.8 Å². The maximum absolute atomic E-state index is 12.1. The van der Waals surface area contributed by atoms with Gasteiger partial charge in [-0.2, -0.15) is 0 Å². The zero-order chi connectivity index (χ0) is 17.0. The molecule has 128 valence electrons. The Labute approximate surface area is 139 Å². The molecule has 1 amide bonds. The van der Waals surface area contributed by atoms with E-state index in [-0.39, 0.29) is 12.1 Å². The normalized spacial score (nSPS) is 18.0. The third-order valence-corrected chi connectivity index (χ3v) is 3.64. The summed E-state index contributed by atoms with van der Waals surface area (Å²) in [6.07, 6.45) is 0.661. The molecule has 0 spiro atoms. The molecule has 1 unspecified atom stereocenters. The van der Waals surface area contributed by atoms with Gasteiger partial charge in [0.25, 0.3) is 0 Å². The summed E-state index contributed by atoms with van der Waals surface area (Å²) in [6, 6.07) is 6.35. The molecule has 1 aromatic rings. The number of anilines is 1. The molecule has 0 radical (unpaired) electrons. The van der Waals surface area contributed by atoms with Gasteiger partial charge in [0.05, 0.1) is 12.3 Å². The van der Waals surface area contributed by atoms with Gasteiger partial charge in [-0.15, -0.1) is 0 Å². The van der Waals surface area contributed by atoms with Crippen LogP contribution in [0.2, 0.25) is 0 Å². The van der Waals surface area contributed by atoms with E-state index in [1.807, 2.05) is 46.8 Å². The van der Waals surface area contributed by atoms with Crippen LogP contribution in [0.5, 0.6) is 5.75 Å². The lowest BCUT2D eigenvalue weighted by Gasteiger charge is -2.24. The van der Waals surface area contributed by atoms with Crippen LogP contribution in [-0.4, -0.2) is 42.3 Å². The molecular weight excluding hydrogens is 292 g/mol. The van der Waals surface area contributed by atoms with Crippen molar-refractivity contribution in [2.45, 2.75) is 52.7 Å². The number of aryl methyl sites for hydroxylation is 1. The van der Waals surface area contributed by atoms with Crippen molar-refractivity contribution < 1.29 is 14.3 Å². The fraction of sp³-hybridized carbons (Fsp3) is 0.611. The minimum absolute atomic E-state index is 0.212. The molecule has 5 nitrogen and oxygen atoms in total. The molecule has 1 heterocycles. The standard InChI is InChI=1S/C18H28N2O3/c1-6-22-16-11-13(2)7-8-15(16)19-14-9-10-20(12-14)17(21)23-18(3,4)5/h7-8,11,14,19H,6,9-10,12H2,1-5H3. The van der Waals surface area contributed by atoms with Crippen molar-refractivity contribution >= 4 is 11.8 Å². The first-order valence-corrected chi connectivity index (χ1v) is 8.26. The number of carbonyl (C=O) groups is 1. The Bertz CT molecular complexity index is 552. The maximum atomic E-state index is 12.1. The number of carbonyl (C=O) groups excluding carboxylic acids is 1. The minimum atomic E-state index is -0.457. The summed E-state index contributed by atoms with van der Waals surface area (Å²) in [5.74, 6) is 0.864. The molecule has 5 heteroatoms. The Morgan fingerprint density at radius 3 is 2.78 bits per heavy atom. The number of ether oxygens (including phenoxy) is 2. The van der Waals surface area contributed by atoms with Crippen molar-refractivity contribution in [2.24, 2.45) is 0 Å². The highest BCUT2D eigenvalue weighted by atomic mass is 16.6. The summed E-state index contributed by atoms with van der Waals surface area (Å²) in [5, 5.41) is 3.49. The van der Waals surface area contributed by atoms with Crippen LogP contribution in [0, 0.1) is 6.92 Å². The van der Waals surface area contributed by atoms with E-state index in [1.165, 1.54) is 5.56 Å². The van der Waals surface area contributed by atoms with E-state index in [4.69, 9.17) is 9.47 Å². The van der Waals surface area contributed by atoms with Gasteiger partial charge in [-0.05, 0) is 58.7 Å². The van der Waals surface area contributed by atoms with Crippen molar-refractivity contribution in [2.75, 3.05) is 25.0 Å². The van der Waals surface area contributed by atoms with Crippen LogP contribution >= 0.6 is 0 Å². The molecule has 1 aliphatic rings.